The molecule has 0 bridgehead atoms. The van der Waals surface area contributed by atoms with Gasteiger partial charge in [0.15, 0.2) is 0 Å². The van der Waals surface area contributed by atoms with E-state index in [1.165, 1.54) is 5.56 Å². The Morgan fingerprint density at radius 1 is 1.45 bits per heavy atom. The van der Waals surface area contributed by atoms with Crippen LogP contribution in [-0.4, -0.2) is 13.8 Å². The Bertz CT molecular complexity index is 255. The topological polar surface area (TPSA) is 15.6 Å². The second-order valence-electron chi connectivity index (χ2n) is 2.50. The largest absolute Gasteiger partial charge is 0.269 e. The van der Waals surface area contributed by atoms with Crippen LogP contribution in [0.5, 0.6) is 0 Å². The van der Waals surface area contributed by atoms with Crippen molar-refractivity contribution in [3.05, 3.63) is 29.8 Å². The Kier molecular flexibility index (Phi) is 2.26. The molecule has 11 heavy (non-hydrogen) atoms. The molecule has 0 aliphatic heterocycles. The lowest BCUT2D eigenvalue weighted by atomic mass is 10.2. The quantitative estimate of drug-likeness (QED) is 0.463. The minimum absolute atomic E-state index is 1.07. The van der Waals surface area contributed by atoms with E-state index in [1.54, 1.807) is 5.01 Å². The molecule has 1 aromatic carbocycles. The number of hydrogen-bond acceptors (Lipinski definition) is 2. The highest BCUT2D eigenvalue weighted by Gasteiger charge is 1.94. The molecule has 58 valence electrons. The Balaban J connectivity index is 2.95. The smallest absolute Gasteiger partial charge is 0.0592 e. The number of hydrogen-bond donors (Lipinski definition) is 0. The number of benzene rings is 1. The van der Waals surface area contributed by atoms with Gasteiger partial charge in [0.25, 0.3) is 0 Å². The molecule has 0 saturated carbocycles. The SMILES string of the molecule is C=NN(C)c1cccc(C)c1. The van der Waals surface area contributed by atoms with Crippen molar-refractivity contribution in [1.29, 1.82) is 0 Å². The Labute approximate surface area is 67.2 Å². The van der Waals surface area contributed by atoms with Gasteiger partial charge in [0.05, 0.1) is 5.69 Å². The molecule has 0 aliphatic carbocycles. The molecular formula is C9H12N2. The normalized spacial score (nSPS) is 9.27. The lowest BCUT2D eigenvalue weighted by Gasteiger charge is -2.11. The van der Waals surface area contributed by atoms with Gasteiger partial charge in [0.1, 0.15) is 0 Å². The van der Waals surface area contributed by atoms with Crippen LogP contribution in [0.15, 0.2) is 29.4 Å². The van der Waals surface area contributed by atoms with Crippen LogP contribution in [0.2, 0.25) is 0 Å². The van der Waals surface area contributed by atoms with E-state index in [1.807, 2.05) is 19.2 Å². The van der Waals surface area contributed by atoms with Crippen molar-refractivity contribution >= 4 is 12.4 Å². The molecule has 0 aliphatic rings. The van der Waals surface area contributed by atoms with Gasteiger partial charge < -0.3 is 0 Å². The molecule has 2 nitrogen and oxygen atoms in total. The third kappa shape index (κ3) is 1.80. The minimum atomic E-state index is 1.07. The number of aryl methyl sites for hydroxylation is 1. The molecule has 0 radical (unpaired) electrons. The van der Waals surface area contributed by atoms with Crippen molar-refractivity contribution in [3.63, 3.8) is 0 Å². The Hall–Kier alpha value is -1.31. The van der Waals surface area contributed by atoms with Crippen LogP contribution in [0.25, 0.3) is 0 Å². The van der Waals surface area contributed by atoms with Crippen LogP contribution >= 0.6 is 0 Å². The molecule has 0 amide bonds. The highest BCUT2D eigenvalue weighted by Crippen LogP contribution is 2.13. The first-order valence-electron chi connectivity index (χ1n) is 3.51. The number of anilines is 1. The van der Waals surface area contributed by atoms with E-state index in [0.29, 0.717) is 0 Å². The number of hydrazone groups is 1. The zero-order valence-corrected chi connectivity index (χ0v) is 6.91. The number of nitrogens with zero attached hydrogens (tertiary/aromatic N) is 2. The predicted octanol–water partition coefficient (Wildman–Crippen LogP) is 2.05. The summed E-state index contributed by atoms with van der Waals surface area (Å²) in [5, 5.41) is 5.53. The molecule has 0 N–H and O–H groups in total. The highest BCUT2D eigenvalue weighted by molar-refractivity contribution is 5.48. The maximum Gasteiger partial charge on any atom is 0.0592 e. The fraction of sp³-hybridized carbons (Fsp3) is 0.222. The van der Waals surface area contributed by atoms with E-state index in [2.05, 4.69) is 30.9 Å². The third-order valence-corrected chi connectivity index (χ3v) is 1.59. The van der Waals surface area contributed by atoms with E-state index < -0.39 is 0 Å². The first kappa shape index (κ1) is 7.79. The van der Waals surface area contributed by atoms with Gasteiger partial charge in [0, 0.05) is 13.8 Å². The van der Waals surface area contributed by atoms with Crippen molar-refractivity contribution in [2.45, 2.75) is 6.92 Å². The van der Waals surface area contributed by atoms with Gasteiger partial charge >= 0.3 is 0 Å². The summed E-state index contributed by atoms with van der Waals surface area (Å²) < 4.78 is 0. The molecule has 2 heteroatoms. The average Bonchev–Trinajstić information content (AvgIpc) is 2.03. The molecule has 1 rings (SSSR count). The summed E-state index contributed by atoms with van der Waals surface area (Å²) in [5.74, 6) is 0. The highest BCUT2D eigenvalue weighted by atomic mass is 15.4. The van der Waals surface area contributed by atoms with Crippen molar-refractivity contribution < 1.29 is 0 Å². The predicted molar refractivity (Wildman–Crippen MR) is 49.1 cm³/mol. The second-order valence-corrected chi connectivity index (χ2v) is 2.50. The van der Waals surface area contributed by atoms with Crippen molar-refractivity contribution in [1.82, 2.24) is 0 Å². The van der Waals surface area contributed by atoms with Gasteiger partial charge in [0.2, 0.25) is 0 Å². The van der Waals surface area contributed by atoms with Crippen molar-refractivity contribution in [2.75, 3.05) is 12.1 Å². The Morgan fingerprint density at radius 2 is 2.18 bits per heavy atom. The van der Waals surface area contributed by atoms with Gasteiger partial charge in [-0.1, -0.05) is 12.1 Å². The summed E-state index contributed by atoms with van der Waals surface area (Å²) >= 11 is 0. The summed E-state index contributed by atoms with van der Waals surface area (Å²) in [7, 11) is 1.88. The summed E-state index contributed by atoms with van der Waals surface area (Å²) in [6, 6.07) is 8.13. The van der Waals surface area contributed by atoms with E-state index in [9.17, 15) is 0 Å². The first-order valence-corrected chi connectivity index (χ1v) is 3.51. The first-order chi connectivity index (χ1) is 5.24. The van der Waals surface area contributed by atoms with Crippen LogP contribution in [0, 0.1) is 6.92 Å². The molecule has 0 heterocycles. The second kappa shape index (κ2) is 3.19. The summed E-state index contributed by atoms with van der Waals surface area (Å²) in [4.78, 5) is 0. The maximum atomic E-state index is 3.78. The third-order valence-electron chi connectivity index (χ3n) is 1.59. The van der Waals surface area contributed by atoms with Crippen LogP contribution in [0.4, 0.5) is 5.69 Å². The van der Waals surface area contributed by atoms with Gasteiger partial charge in [-0.2, -0.15) is 5.10 Å². The van der Waals surface area contributed by atoms with Gasteiger partial charge in [-0.3, -0.25) is 5.01 Å². The van der Waals surface area contributed by atoms with Gasteiger partial charge in [-0.25, -0.2) is 0 Å². The lowest BCUT2D eigenvalue weighted by molar-refractivity contribution is 1.03. The zero-order chi connectivity index (χ0) is 8.27. The molecule has 0 atom stereocenters. The fourth-order valence-electron chi connectivity index (χ4n) is 0.911. The lowest BCUT2D eigenvalue weighted by Crippen LogP contribution is -2.06. The molecule has 0 unspecified atom stereocenters. The van der Waals surface area contributed by atoms with Crippen LogP contribution < -0.4 is 5.01 Å². The maximum absolute atomic E-state index is 3.78. The van der Waals surface area contributed by atoms with E-state index >= 15 is 0 Å². The number of rotatable bonds is 2. The summed E-state index contributed by atoms with van der Waals surface area (Å²) in [6.07, 6.45) is 0. The summed E-state index contributed by atoms with van der Waals surface area (Å²) in [6.45, 7) is 5.50. The van der Waals surface area contributed by atoms with Crippen LogP contribution in [0.3, 0.4) is 0 Å². The van der Waals surface area contributed by atoms with Crippen LogP contribution in [0.1, 0.15) is 5.56 Å². The molecule has 0 saturated heterocycles. The van der Waals surface area contributed by atoms with Crippen LogP contribution in [-0.2, 0) is 0 Å². The summed E-state index contributed by atoms with van der Waals surface area (Å²) in [5.41, 5.74) is 2.30. The van der Waals surface area contributed by atoms with Crippen molar-refractivity contribution in [2.24, 2.45) is 5.10 Å². The molecular weight excluding hydrogens is 136 g/mol. The van der Waals surface area contributed by atoms with Gasteiger partial charge in [-0.05, 0) is 24.6 Å². The minimum Gasteiger partial charge on any atom is -0.269 e. The Morgan fingerprint density at radius 3 is 2.73 bits per heavy atom. The fourth-order valence-corrected chi connectivity index (χ4v) is 0.911. The van der Waals surface area contributed by atoms with Gasteiger partial charge in [-0.15, -0.1) is 0 Å². The van der Waals surface area contributed by atoms with E-state index in [0.717, 1.165) is 5.69 Å². The van der Waals surface area contributed by atoms with Crippen molar-refractivity contribution in [3.8, 4) is 0 Å². The zero-order valence-electron chi connectivity index (χ0n) is 6.91. The molecule has 0 fully saturated rings. The standard InChI is InChI=1S/C9H12N2/c1-8-5-4-6-9(7-8)11(3)10-2/h4-7H,2H2,1,3H3. The molecule has 0 spiro atoms. The van der Waals surface area contributed by atoms with E-state index in [-0.39, 0.29) is 0 Å². The van der Waals surface area contributed by atoms with E-state index in [4.69, 9.17) is 0 Å². The molecule has 1 aromatic rings. The monoisotopic (exact) mass is 148 g/mol. The molecule has 0 aromatic heterocycles. The average molecular weight is 148 g/mol.